The molecule has 0 aromatic heterocycles. The van der Waals surface area contributed by atoms with Gasteiger partial charge in [0.25, 0.3) is 0 Å². The van der Waals surface area contributed by atoms with Crippen molar-refractivity contribution >= 4 is 17.3 Å². The molecule has 0 aliphatic carbocycles. The summed E-state index contributed by atoms with van der Waals surface area (Å²) >= 11 is 0. The lowest BCUT2D eigenvalue weighted by molar-refractivity contribution is -0.121. The average Bonchev–Trinajstić information content (AvgIpc) is 2.38. The fourth-order valence-corrected chi connectivity index (χ4v) is 1.43. The lowest BCUT2D eigenvalue weighted by atomic mass is 10.2. The molecule has 0 bridgehead atoms. The van der Waals surface area contributed by atoms with Crippen LogP contribution in [0.1, 0.15) is 6.42 Å². The summed E-state index contributed by atoms with van der Waals surface area (Å²) in [5, 5.41) is 5.22. The number of rotatable bonds is 7. The van der Waals surface area contributed by atoms with Crippen LogP contribution in [-0.2, 0) is 9.53 Å². The van der Waals surface area contributed by atoms with Crippen LogP contribution in [-0.4, -0.2) is 32.7 Å². The maximum absolute atomic E-state index is 13.4. The molecular formula is C12H17F2N3O2. The number of carbonyl (C=O) groups excluding carboxylic acids is 1. The number of nitrogens with two attached hydrogens (primary N) is 1. The number of nitrogens with one attached hydrogen (secondary N) is 2. The fourth-order valence-electron chi connectivity index (χ4n) is 1.43. The van der Waals surface area contributed by atoms with E-state index in [1.807, 2.05) is 0 Å². The van der Waals surface area contributed by atoms with Crippen LogP contribution in [0.15, 0.2) is 12.1 Å². The molecule has 1 rings (SSSR count). The molecule has 0 saturated heterocycles. The van der Waals surface area contributed by atoms with Gasteiger partial charge < -0.3 is 21.1 Å². The smallest absolute Gasteiger partial charge is 0.221 e. The van der Waals surface area contributed by atoms with Crippen molar-refractivity contribution in [2.45, 2.75) is 6.42 Å². The third-order valence-electron chi connectivity index (χ3n) is 2.41. The van der Waals surface area contributed by atoms with Crippen molar-refractivity contribution in [3.63, 3.8) is 0 Å². The highest BCUT2D eigenvalue weighted by molar-refractivity contribution is 5.76. The van der Waals surface area contributed by atoms with E-state index in [4.69, 9.17) is 10.5 Å². The zero-order chi connectivity index (χ0) is 14.3. The first-order valence-electron chi connectivity index (χ1n) is 5.79. The Labute approximate surface area is 110 Å². The van der Waals surface area contributed by atoms with Crippen molar-refractivity contribution in [2.24, 2.45) is 0 Å². The maximum Gasteiger partial charge on any atom is 0.221 e. The second-order valence-electron chi connectivity index (χ2n) is 3.85. The van der Waals surface area contributed by atoms with Crippen LogP contribution in [0.2, 0.25) is 0 Å². The quantitative estimate of drug-likeness (QED) is 0.514. The maximum atomic E-state index is 13.4. The molecule has 7 heteroatoms. The third-order valence-corrected chi connectivity index (χ3v) is 2.41. The fraction of sp³-hybridized carbons (Fsp3) is 0.417. The minimum Gasteiger partial charge on any atom is -0.397 e. The molecule has 0 radical (unpaired) electrons. The van der Waals surface area contributed by atoms with E-state index in [2.05, 4.69) is 10.6 Å². The van der Waals surface area contributed by atoms with Gasteiger partial charge >= 0.3 is 0 Å². The first kappa shape index (κ1) is 15.2. The summed E-state index contributed by atoms with van der Waals surface area (Å²) in [7, 11) is 1.53. The van der Waals surface area contributed by atoms with Gasteiger partial charge in [-0.2, -0.15) is 0 Å². The minimum absolute atomic E-state index is 0.0960. The summed E-state index contributed by atoms with van der Waals surface area (Å²) in [6.45, 7) is 0.986. The highest BCUT2D eigenvalue weighted by Gasteiger charge is 2.11. The number of ether oxygens (including phenoxy) is 1. The predicted molar refractivity (Wildman–Crippen MR) is 68.8 cm³/mol. The highest BCUT2D eigenvalue weighted by Crippen LogP contribution is 2.24. The van der Waals surface area contributed by atoms with E-state index in [-0.39, 0.29) is 30.2 Å². The van der Waals surface area contributed by atoms with Crippen molar-refractivity contribution in [1.82, 2.24) is 5.32 Å². The molecule has 0 fully saturated rings. The molecule has 0 heterocycles. The van der Waals surface area contributed by atoms with Crippen LogP contribution >= 0.6 is 0 Å². The molecule has 5 nitrogen and oxygen atoms in total. The second-order valence-corrected chi connectivity index (χ2v) is 3.85. The summed E-state index contributed by atoms with van der Waals surface area (Å²) in [6, 6.07) is 2.21. The Hall–Kier alpha value is -1.89. The number of anilines is 2. The largest absolute Gasteiger partial charge is 0.397 e. The van der Waals surface area contributed by atoms with E-state index in [0.717, 1.165) is 6.07 Å². The number of hydrogen-bond acceptors (Lipinski definition) is 4. The summed E-state index contributed by atoms with van der Waals surface area (Å²) in [4.78, 5) is 11.3. The van der Waals surface area contributed by atoms with Gasteiger partial charge in [0, 0.05) is 26.6 Å². The molecule has 0 saturated carbocycles. The normalized spacial score (nSPS) is 10.3. The summed E-state index contributed by atoms with van der Waals surface area (Å²) in [5.41, 5.74) is 5.49. The lowest BCUT2D eigenvalue weighted by Crippen LogP contribution is -2.28. The molecule has 4 N–H and O–H groups in total. The molecular weight excluding hydrogens is 256 g/mol. The van der Waals surface area contributed by atoms with Crippen molar-refractivity contribution < 1.29 is 18.3 Å². The van der Waals surface area contributed by atoms with Crippen molar-refractivity contribution in [2.75, 3.05) is 37.9 Å². The van der Waals surface area contributed by atoms with Crippen molar-refractivity contribution in [3.8, 4) is 0 Å². The van der Waals surface area contributed by atoms with Crippen LogP contribution < -0.4 is 16.4 Å². The standard InChI is InChI=1S/C12H17F2N3O2/c1-19-7-6-16-10(18)4-5-17-12-9(15)3-2-8(13)11(12)14/h2-3,17H,4-7,15H2,1H3,(H,16,18). The molecule has 1 aromatic rings. The van der Waals surface area contributed by atoms with Crippen LogP contribution in [0.4, 0.5) is 20.2 Å². The van der Waals surface area contributed by atoms with E-state index in [0.29, 0.717) is 13.2 Å². The van der Waals surface area contributed by atoms with Crippen molar-refractivity contribution in [1.29, 1.82) is 0 Å². The van der Waals surface area contributed by atoms with Gasteiger partial charge in [-0.1, -0.05) is 0 Å². The van der Waals surface area contributed by atoms with Crippen molar-refractivity contribution in [3.05, 3.63) is 23.8 Å². The van der Waals surface area contributed by atoms with Crippen LogP contribution in [0.5, 0.6) is 0 Å². The average molecular weight is 273 g/mol. The Bertz CT molecular complexity index is 441. The Morgan fingerprint density at radius 2 is 2.11 bits per heavy atom. The molecule has 0 aliphatic heterocycles. The van der Waals surface area contributed by atoms with Gasteiger partial charge in [-0.15, -0.1) is 0 Å². The minimum atomic E-state index is -1.04. The van der Waals surface area contributed by atoms with E-state index in [1.54, 1.807) is 0 Å². The van der Waals surface area contributed by atoms with Gasteiger partial charge in [-0.3, -0.25) is 4.79 Å². The van der Waals surface area contributed by atoms with Gasteiger partial charge in [0.1, 0.15) is 0 Å². The number of amides is 1. The van der Waals surface area contributed by atoms with E-state index >= 15 is 0 Å². The summed E-state index contributed by atoms with van der Waals surface area (Å²) in [6.07, 6.45) is 0.124. The van der Waals surface area contributed by atoms with Gasteiger partial charge in [0.2, 0.25) is 5.91 Å². The van der Waals surface area contributed by atoms with E-state index < -0.39 is 11.6 Å². The summed E-state index contributed by atoms with van der Waals surface area (Å²) in [5.74, 6) is -2.24. The van der Waals surface area contributed by atoms with E-state index in [1.165, 1.54) is 13.2 Å². The van der Waals surface area contributed by atoms with Crippen LogP contribution in [0.25, 0.3) is 0 Å². The Kier molecular flexibility index (Phi) is 6.01. The zero-order valence-corrected chi connectivity index (χ0v) is 10.6. The zero-order valence-electron chi connectivity index (χ0n) is 10.6. The Balaban J connectivity index is 2.41. The first-order valence-corrected chi connectivity index (χ1v) is 5.79. The van der Waals surface area contributed by atoms with Gasteiger partial charge in [0.05, 0.1) is 18.0 Å². The molecule has 0 spiro atoms. The number of carbonyl (C=O) groups is 1. The number of benzene rings is 1. The molecule has 0 aliphatic rings. The number of halogens is 2. The summed E-state index contributed by atoms with van der Waals surface area (Å²) < 4.78 is 31.2. The van der Waals surface area contributed by atoms with Gasteiger partial charge in [-0.05, 0) is 12.1 Å². The molecule has 0 atom stereocenters. The van der Waals surface area contributed by atoms with Gasteiger partial charge in [-0.25, -0.2) is 8.78 Å². The number of hydrogen-bond donors (Lipinski definition) is 3. The molecule has 1 amide bonds. The molecule has 19 heavy (non-hydrogen) atoms. The Morgan fingerprint density at radius 3 is 2.79 bits per heavy atom. The van der Waals surface area contributed by atoms with E-state index in [9.17, 15) is 13.6 Å². The SMILES string of the molecule is COCCNC(=O)CCNc1c(N)ccc(F)c1F. The highest BCUT2D eigenvalue weighted by atomic mass is 19.2. The number of nitrogen functional groups attached to an aromatic ring is 1. The first-order chi connectivity index (χ1) is 9.06. The Morgan fingerprint density at radius 1 is 1.37 bits per heavy atom. The van der Waals surface area contributed by atoms with Crippen LogP contribution in [0.3, 0.4) is 0 Å². The molecule has 1 aromatic carbocycles. The topological polar surface area (TPSA) is 76.4 Å². The third kappa shape index (κ3) is 4.70. The predicted octanol–water partition coefficient (Wildman–Crippen LogP) is 1.11. The lowest BCUT2D eigenvalue weighted by Gasteiger charge is -2.10. The second kappa shape index (κ2) is 7.52. The molecule has 0 unspecified atom stereocenters. The molecule has 106 valence electrons. The van der Waals surface area contributed by atoms with Gasteiger partial charge in [0.15, 0.2) is 11.6 Å². The monoisotopic (exact) mass is 273 g/mol. The van der Waals surface area contributed by atoms with Crippen LogP contribution in [0, 0.1) is 11.6 Å². The number of methoxy groups -OCH3 is 1.